The number of hydrogen-bond donors (Lipinski definition) is 2. The molecule has 1 aromatic rings. The van der Waals surface area contributed by atoms with Crippen LogP contribution in [-0.2, 0) is 11.2 Å². The first kappa shape index (κ1) is 14.5. The highest BCUT2D eigenvalue weighted by Gasteiger charge is 1.97. The highest BCUT2D eigenvalue weighted by molar-refractivity contribution is 5.75. The largest absolute Gasteiger partial charge is 0.497 e. The molecule has 4 nitrogen and oxygen atoms in total. The minimum Gasteiger partial charge on any atom is -0.497 e. The van der Waals surface area contributed by atoms with E-state index in [9.17, 15) is 4.79 Å². The second-order valence-corrected chi connectivity index (χ2v) is 4.12. The van der Waals surface area contributed by atoms with E-state index in [2.05, 4.69) is 22.8 Å². The van der Waals surface area contributed by atoms with E-state index >= 15 is 0 Å². The number of ether oxygens (including phenoxy) is 1. The average molecular weight is 250 g/mol. The number of rotatable bonds is 8. The number of amides is 1. The molecule has 0 radical (unpaired) electrons. The summed E-state index contributed by atoms with van der Waals surface area (Å²) in [6.07, 6.45) is 2.46. The van der Waals surface area contributed by atoms with E-state index in [0.717, 1.165) is 31.7 Å². The molecule has 0 unspecified atom stereocenters. The summed E-state index contributed by atoms with van der Waals surface area (Å²) in [7, 11) is 3.34. The Morgan fingerprint density at radius 2 is 1.94 bits per heavy atom. The van der Waals surface area contributed by atoms with Gasteiger partial charge in [-0.15, -0.1) is 0 Å². The van der Waals surface area contributed by atoms with Gasteiger partial charge in [-0.25, -0.2) is 0 Å². The summed E-state index contributed by atoms with van der Waals surface area (Å²) in [6.45, 7) is 1.81. The Labute approximate surface area is 109 Å². The van der Waals surface area contributed by atoms with Crippen molar-refractivity contribution < 1.29 is 9.53 Å². The van der Waals surface area contributed by atoms with E-state index in [0.29, 0.717) is 6.42 Å². The predicted molar refractivity (Wildman–Crippen MR) is 72.9 cm³/mol. The van der Waals surface area contributed by atoms with Crippen molar-refractivity contribution >= 4 is 5.91 Å². The zero-order chi connectivity index (χ0) is 13.2. The van der Waals surface area contributed by atoms with Gasteiger partial charge in [0.05, 0.1) is 7.11 Å². The van der Waals surface area contributed by atoms with E-state index in [1.165, 1.54) is 5.56 Å². The van der Waals surface area contributed by atoms with Gasteiger partial charge < -0.3 is 15.4 Å². The number of nitrogens with one attached hydrogen (secondary N) is 2. The summed E-state index contributed by atoms with van der Waals surface area (Å²) in [4.78, 5) is 11.0. The fraction of sp³-hybridized carbons (Fsp3) is 0.500. The van der Waals surface area contributed by atoms with Crippen molar-refractivity contribution in [2.75, 3.05) is 27.2 Å². The molecular weight excluding hydrogens is 228 g/mol. The van der Waals surface area contributed by atoms with Crippen LogP contribution in [0.15, 0.2) is 24.3 Å². The molecular formula is C14H22N2O2. The van der Waals surface area contributed by atoms with Crippen LogP contribution in [-0.4, -0.2) is 33.2 Å². The molecule has 0 heterocycles. The highest BCUT2D eigenvalue weighted by Crippen LogP contribution is 2.11. The third-order valence-corrected chi connectivity index (χ3v) is 2.79. The molecule has 1 rings (SSSR count). The third-order valence-electron chi connectivity index (χ3n) is 2.79. The van der Waals surface area contributed by atoms with E-state index in [1.807, 2.05) is 12.1 Å². The van der Waals surface area contributed by atoms with E-state index in [1.54, 1.807) is 14.2 Å². The Balaban J connectivity index is 2.08. The van der Waals surface area contributed by atoms with Crippen LogP contribution in [0.5, 0.6) is 5.75 Å². The van der Waals surface area contributed by atoms with Gasteiger partial charge in [-0.3, -0.25) is 4.79 Å². The molecule has 4 heteroatoms. The number of benzene rings is 1. The van der Waals surface area contributed by atoms with Crippen molar-refractivity contribution in [3.8, 4) is 5.75 Å². The van der Waals surface area contributed by atoms with Crippen LogP contribution < -0.4 is 15.4 Å². The predicted octanol–water partition coefficient (Wildman–Crippen LogP) is 1.35. The molecule has 0 aliphatic carbocycles. The lowest BCUT2D eigenvalue weighted by Gasteiger charge is -2.05. The average Bonchev–Trinajstić information content (AvgIpc) is 2.43. The van der Waals surface area contributed by atoms with E-state index < -0.39 is 0 Å². The van der Waals surface area contributed by atoms with Gasteiger partial charge in [-0.2, -0.15) is 0 Å². The number of carbonyl (C=O) groups is 1. The minimum atomic E-state index is 0.104. The number of carbonyl (C=O) groups excluding carboxylic acids is 1. The summed E-state index contributed by atoms with van der Waals surface area (Å²) in [5, 5.41) is 5.94. The van der Waals surface area contributed by atoms with Crippen LogP contribution in [0.2, 0.25) is 0 Å². The summed E-state index contributed by atoms with van der Waals surface area (Å²) in [5.74, 6) is 0.990. The Bertz CT molecular complexity index is 349. The fourth-order valence-corrected chi connectivity index (χ4v) is 1.65. The molecule has 0 spiro atoms. The topological polar surface area (TPSA) is 50.4 Å². The summed E-state index contributed by atoms with van der Waals surface area (Å²) in [5.41, 5.74) is 1.29. The fourth-order valence-electron chi connectivity index (χ4n) is 1.65. The zero-order valence-corrected chi connectivity index (χ0v) is 11.2. The first-order valence-corrected chi connectivity index (χ1v) is 6.30. The third kappa shape index (κ3) is 5.68. The van der Waals surface area contributed by atoms with E-state index in [4.69, 9.17) is 4.74 Å². The van der Waals surface area contributed by atoms with Gasteiger partial charge in [0.1, 0.15) is 5.75 Å². The first-order chi connectivity index (χ1) is 8.76. The second-order valence-electron chi connectivity index (χ2n) is 4.12. The second kappa shape index (κ2) is 8.53. The van der Waals surface area contributed by atoms with Crippen LogP contribution >= 0.6 is 0 Å². The lowest BCUT2D eigenvalue weighted by molar-refractivity contribution is -0.120. The van der Waals surface area contributed by atoms with Crippen LogP contribution in [0.4, 0.5) is 0 Å². The molecule has 1 aromatic carbocycles. The molecule has 2 N–H and O–H groups in total. The Kier molecular flexibility index (Phi) is 6.87. The maximum Gasteiger partial charge on any atom is 0.219 e. The van der Waals surface area contributed by atoms with Crippen molar-refractivity contribution in [2.45, 2.75) is 19.3 Å². The van der Waals surface area contributed by atoms with Crippen molar-refractivity contribution in [1.82, 2.24) is 10.6 Å². The molecule has 0 atom stereocenters. The molecule has 100 valence electrons. The quantitative estimate of drug-likeness (QED) is 0.685. The summed E-state index contributed by atoms with van der Waals surface area (Å²) in [6, 6.07) is 8.10. The Hall–Kier alpha value is -1.55. The maximum absolute atomic E-state index is 11.0. The number of hydrogen-bond acceptors (Lipinski definition) is 3. The molecule has 18 heavy (non-hydrogen) atoms. The molecule has 1 amide bonds. The van der Waals surface area contributed by atoms with Gasteiger partial charge in [-0.1, -0.05) is 12.1 Å². The lowest BCUT2D eigenvalue weighted by atomic mass is 10.1. The van der Waals surface area contributed by atoms with Gasteiger partial charge in [-0.05, 0) is 43.6 Å². The molecule has 0 fully saturated rings. The minimum absolute atomic E-state index is 0.104. The van der Waals surface area contributed by atoms with Crippen LogP contribution in [0.3, 0.4) is 0 Å². The molecule has 0 aliphatic heterocycles. The smallest absolute Gasteiger partial charge is 0.219 e. The SMILES string of the molecule is CNC(=O)CCCNCCc1ccc(OC)cc1. The monoisotopic (exact) mass is 250 g/mol. The van der Waals surface area contributed by atoms with Crippen molar-refractivity contribution in [2.24, 2.45) is 0 Å². The molecule has 0 saturated carbocycles. The standard InChI is InChI=1S/C14H22N2O2/c1-15-14(17)4-3-10-16-11-9-12-5-7-13(18-2)8-6-12/h5-8,16H,3-4,9-11H2,1-2H3,(H,15,17). The van der Waals surface area contributed by atoms with Gasteiger partial charge in [0.25, 0.3) is 0 Å². The zero-order valence-electron chi connectivity index (χ0n) is 11.2. The first-order valence-electron chi connectivity index (χ1n) is 6.30. The van der Waals surface area contributed by atoms with E-state index in [-0.39, 0.29) is 5.91 Å². The van der Waals surface area contributed by atoms with Crippen LogP contribution in [0.25, 0.3) is 0 Å². The molecule has 0 bridgehead atoms. The van der Waals surface area contributed by atoms with Crippen molar-refractivity contribution in [1.29, 1.82) is 0 Å². The summed E-state index contributed by atoms with van der Waals surface area (Å²) < 4.78 is 5.11. The van der Waals surface area contributed by atoms with Crippen molar-refractivity contribution in [3.05, 3.63) is 29.8 Å². The molecule has 0 aliphatic rings. The molecule has 0 aromatic heterocycles. The van der Waals surface area contributed by atoms with Crippen LogP contribution in [0, 0.1) is 0 Å². The Morgan fingerprint density at radius 1 is 1.22 bits per heavy atom. The molecule has 0 saturated heterocycles. The number of methoxy groups -OCH3 is 1. The van der Waals surface area contributed by atoms with Crippen LogP contribution in [0.1, 0.15) is 18.4 Å². The lowest BCUT2D eigenvalue weighted by Crippen LogP contribution is -2.22. The summed E-state index contributed by atoms with van der Waals surface area (Å²) >= 11 is 0. The van der Waals surface area contributed by atoms with Gasteiger partial charge in [0.2, 0.25) is 5.91 Å². The van der Waals surface area contributed by atoms with Crippen molar-refractivity contribution in [3.63, 3.8) is 0 Å². The maximum atomic E-state index is 11.0. The normalized spacial score (nSPS) is 10.1. The highest BCUT2D eigenvalue weighted by atomic mass is 16.5. The van der Waals surface area contributed by atoms with Gasteiger partial charge in [0.15, 0.2) is 0 Å². The van der Waals surface area contributed by atoms with Gasteiger partial charge >= 0.3 is 0 Å². The van der Waals surface area contributed by atoms with Gasteiger partial charge in [0, 0.05) is 13.5 Å². The Morgan fingerprint density at radius 3 is 2.56 bits per heavy atom.